The van der Waals surface area contributed by atoms with Gasteiger partial charge < -0.3 is 20.1 Å². The van der Waals surface area contributed by atoms with Crippen LogP contribution in [0.5, 0.6) is 0 Å². The minimum absolute atomic E-state index is 0.243. The molecule has 0 saturated heterocycles. The van der Waals surface area contributed by atoms with Gasteiger partial charge in [-0.05, 0) is 38.5 Å². The highest BCUT2D eigenvalue weighted by molar-refractivity contribution is 6.30. The molecule has 0 amide bonds. The van der Waals surface area contributed by atoms with Crippen molar-refractivity contribution in [3.05, 3.63) is 46.9 Å². The lowest BCUT2D eigenvalue weighted by Crippen LogP contribution is -2.39. The van der Waals surface area contributed by atoms with Crippen LogP contribution in [0.15, 0.2) is 30.5 Å². The fraction of sp³-hybridized carbons (Fsp3) is 0.389. The van der Waals surface area contributed by atoms with E-state index >= 15 is 0 Å². The third-order valence-electron chi connectivity index (χ3n) is 4.48. The molecule has 0 aliphatic rings. The van der Waals surface area contributed by atoms with Crippen molar-refractivity contribution >= 4 is 28.7 Å². The van der Waals surface area contributed by atoms with E-state index in [-0.39, 0.29) is 6.04 Å². The van der Waals surface area contributed by atoms with E-state index in [4.69, 9.17) is 11.6 Å². The number of aryl methyl sites for hydroxylation is 1. The van der Waals surface area contributed by atoms with Gasteiger partial charge in [0.05, 0.1) is 17.8 Å². The predicted molar refractivity (Wildman–Crippen MR) is 101 cm³/mol. The molecule has 2 atom stereocenters. The highest BCUT2D eigenvalue weighted by atomic mass is 35.5. The highest BCUT2D eigenvalue weighted by Gasteiger charge is 2.24. The molecule has 3 rings (SSSR count). The van der Waals surface area contributed by atoms with Gasteiger partial charge in [0.15, 0.2) is 5.65 Å². The van der Waals surface area contributed by atoms with Crippen LogP contribution in [0.4, 0.5) is 5.95 Å². The molecule has 0 bridgehead atoms. The number of rotatable bonds is 5. The summed E-state index contributed by atoms with van der Waals surface area (Å²) in [6.07, 6.45) is 0.693. The van der Waals surface area contributed by atoms with Gasteiger partial charge >= 0.3 is 0 Å². The Balaban J connectivity index is 1.94. The Morgan fingerprint density at radius 1 is 1.19 bits per heavy atom. The number of halogens is 1. The minimum Gasteiger partial charge on any atom is -0.388 e. The van der Waals surface area contributed by atoms with Crippen LogP contribution in [-0.2, 0) is 7.05 Å². The molecule has 3 N–H and O–H groups in total. The Labute approximate surface area is 156 Å². The molecular formula is C18H22ClN5O2. The summed E-state index contributed by atoms with van der Waals surface area (Å²) in [5.41, 5.74) is 0.945. The zero-order chi connectivity index (χ0) is 19.1. The van der Waals surface area contributed by atoms with Gasteiger partial charge in [-0.2, -0.15) is 4.98 Å². The third kappa shape index (κ3) is 3.65. The summed E-state index contributed by atoms with van der Waals surface area (Å²) in [6.45, 7) is 5.29. The largest absolute Gasteiger partial charge is 0.388 e. The second-order valence-corrected chi connectivity index (χ2v) is 7.34. The molecule has 0 fully saturated rings. The number of hydrogen-bond donors (Lipinski definition) is 3. The van der Waals surface area contributed by atoms with Gasteiger partial charge in [0.2, 0.25) is 5.95 Å². The molecule has 7 nitrogen and oxygen atoms in total. The van der Waals surface area contributed by atoms with Crippen LogP contribution in [0.1, 0.15) is 38.3 Å². The van der Waals surface area contributed by atoms with Gasteiger partial charge in [-0.3, -0.25) is 0 Å². The lowest BCUT2D eigenvalue weighted by molar-refractivity contribution is 0.0646. The van der Waals surface area contributed by atoms with E-state index in [0.29, 0.717) is 33.5 Å². The molecule has 2 heterocycles. The average molecular weight is 376 g/mol. The number of anilines is 1. The Morgan fingerprint density at radius 3 is 2.46 bits per heavy atom. The minimum atomic E-state index is -0.916. The first kappa shape index (κ1) is 18.6. The van der Waals surface area contributed by atoms with Gasteiger partial charge in [-0.25, -0.2) is 9.97 Å². The molecule has 2 unspecified atom stereocenters. The summed E-state index contributed by atoms with van der Waals surface area (Å²) < 4.78 is 1.73. The lowest BCUT2D eigenvalue weighted by atomic mass is 10.0. The number of aliphatic hydroxyl groups excluding tert-OH is 1. The summed E-state index contributed by atoms with van der Waals surface area (Å²) in [7, 11) is 1.79. The van der Waals surface area contributed by atoms with Gasteiger partial charge in [0.25, 0.3) is 0 Å². The molecule has 8 heteroatoms. The molecule has 0 radical (unpaired) electrons. The quantitative estimate of drug-likeness (QED) is 0.634. The number of aliphatic hydroxyl groups is 2. The van der Waals surface area contributed by atoms with E-state index in [1.54, 1.807) is 55.9 Å². The Hall–Kier alpha value is -2.22. The van der Waals surface area contributed by atoms with Crippen molar-refractivity contribution in [2.24, 2.45) is 7.05 Å². The Kier molecular flexibility index (Phi) is 4.88. The van der Waals surface area contributed by atoms with Crippen LogP contribution in [0.25, 0.3) is 11.2 Å². The smallest absolute Gasteiger partial charge is 0.225 e. The third-order valence-corrected chi connectivity index (χ3v) is 4.73. The van der Waals surface area contributed by atoms with Gasteiger partial charge in [0.1, 0.15) is 17.4 Å². The maximum Gasteiger partial charge on any atom is 0.225 e. The fourth-order valence-corrected chi connectivity index (χ4v) is 2.60. The highest BCUT2D eigenvalue weighted by Crippen LogP contribution is 2.25. The Morgan fingerprint density at radius 2 is 1.85 bits per heavy atom. The van der Waals surface area contributed by atoms with Crippen molar-refractivity contribution in [3.8, 4) is 0 Å². The van der Waals surface area contributed by atoms with Crippen LogP contribution < -0.4 is 5.32 Å². The van der Waals surface area contributed by atoms with Crippen LogP contribution in [-0.4, -0.2) is 41.4 Å². The standard InChI is InChI=1S/C18H22ClN5O2/c1-10(18(2,3)26)21-17-20-9-13-15(23-17)24(4)16(22-13)14(25)11-5-7-12(19)8-6-11/h5-10,14,25-26H,1-4H3,(H,20,21,23). The molecule has 0 spiro atoms. The van der Waals surface area contributed by atoms with E-state index in [1.807, 2.05) is 6.92 Å². The second kappa shape index (κ2) is 6.83. The number of aromatic nitrogens is 4. The Bertz CT molecular complexity index is 918. The normalized spacial score (nSPS) is 14.4. The maximum atomic E-state index is 10.7. The fourth-order valence-electron chi connectivity index (χ4n) is 2.48. The first-order valence-corrected chi connectivity index (χ1v) is 8.66. The monoisotopic (exact) mass is 375 g/mol. The van der Waals surface area contributed by atoms with E-state index in [0.717, 1.165) is 0 Å². The van der Waals surface area contributed by atoms with Crippen molar-refractivity contribution in [3.63, 3.8) is 0 Å². The van der Waals surface area contributed by atoms with Crippen molar-refractivity contribution in [2.45, 2.75) is 38.5 Å². The van der Waals surface area contributed by atoms with Gasteiger partial charge in [0, 0.05) is 12.1 Å². The number of nitrogens with one attached hydrogen (secondary N) is 1. The van der Waals surface area contributed by atoms with Crippen LogP contribution in [0.3, 0.4) is 0 Å². The van der Waals surface area contributed by atoms with Crippen LogP contribution in [0, 0.1) is 0 Å². The number of imidazole rings is 1. The molecule has 1 aromatic carbocycles. The predicted octanol–water partition coefficient (Wildman–Crippen LogP) is 2.67. The first-order valence-electron chi connectivity index (χ1n) is 8.28. The SMILES string of the molecule is CC(Nc1ncc2nc(C(O)c3ccc(Cl)cc3)n(C)c2n1)C(C)(C)O. The molecular weight excluding hydrogens is 354 g/mol. The summed E-state index contributed by atoms with van der Waals surface area (Å²) in [6, 6.07) is 6.73. The molecule has 138 valence electrons. The summed E-state index contributed by atoms with van der Waals surface area (Å²) in [5, 5.41) is 24.4. The van der Waals surface area contributed by atoms with E-state index in [2.05, 4.69) is 20.3 Å². The summed E-state index contributed by atoms with van der Waals surface area (Å²) >= 11 is 5.90. The van der Waals surface area contributed by atoms with E-state index < -0.39 is 11.7 Å². The van der Waals surface area contributed by atoms with Crippen molar-refractivity contribution in [2.75, 3.05) is 5.32 Å². The zero-order valence-electron chi connectivity index (χ0n) is 15.1. The number of fused-ring (bicyclic) bond motifs is 1. The van der Waals surface area contributed by atoms with E-state index in [1.165, 1.54) is 0 Å². The first-order chi connectivity index (χ1) is 12.2. The van der Waals surface area contributed by atoms with Crippen LogP contribution in [0.2, 0.25) is 5.02 Å². The zero-order valence-corrected chi connectivity index (χ0v) is 15.9. The van der Waals surface area contributed by atoms with Crippen molar-refractivity contribution in [1.82, 2.24) is 19.5 Å². The van der Waals surface area contributed by atoms with Gasteiger partial charge in [-0.1, -0.05) is 23.7 Å². The van der Waals surface area contributed by atoms with Gasteiger partial charge in [-0.15, -0.1) is 0 Å². The second-order valence-electron chi connectivity index (χ2n) is 6.91. The van der Waals surface area contributed by atoms with E-state index in [9.17, 15) is 10.2 Å². The molecule has 3 aromatic rings. The van der Waals surface area contributed by atoms with Crippen molar-refractivity contribution in [1.29, 1.82) is 0 Å². The lowest BCUT2D eigenvalue weighted by Gasteiger charge is -2.26. The summed E-state index contributed by atoms with van der Waals surface area (Å²) in [4.78, 5) is 13.2. The van der Waals surface area contributed by atoms with Crippen molar-refractivity contribution < 1.29 is 10.2 Å². The topological polar surface area (TPSA) is 96.1 Å². The summed E-state index contributed by atoms with van der Waals surface area (Å²) in [5.74, 6) is 0.854. The maximum absolute atomic E-state index is 10.7. The molecule has 26 heavy (non-hydrogen) atoms. The van der Waals surface area contributed by atoms with Crippen LogP contribution >= 0.6 is 11.6 Å². The number of hydrogen-bond acceptors (Lipinski definition) is 6. The number of benzene rings is 1. The molecule has 0 aliphatic heterocycles. The molecule has 2 aromatic heterocycles. The number of nitrogens with zero attached hydrogens (tertiary/aromatic N) is 4. The molecule has 0 aliphatic carbocycles. The average Bonchev–Trinajstić information content (AvgIpc) is 2.91. The molecule has 0 saturated carbocycles.